The lowest BCUT2D eigenvalue weighted by atomic mass is 10.1. The summed E-state index contributed by atoms with van der Waals surface area (Å²) in [6, 6.07) is 10.9. The molecule has 0 amide bonds. The number of ether oxygens (including phenoxy) is 1. The fraction of sp³-hybridized carbons (Fsp3) is 0.333. The summed E-state index contributed by atoms with van der Waals surface area (Å²) in [7, 11) is 1.36. The van der Waals surface area contributed by atoms with Crippen LogP contribution in [0.5, 0.6) is 0 Å². The molecule has 0 unspecified atom stereocenters. The predicted octanol–water partition coefficient (Wildman–Crippen LogP) is 3.13. The molecule has 0 aliphatic heterocycles. The van der Waals surface area contributed by atoms with Crippen molar-refractivity contribution < 1.29 is 13.9 Å². The number of carbonyl (C=O) groups excluding carboxylic acids is 1. The van der Waals surface area contributed by atoms with Gasteiger partial charge in [-0.1, -0.05) is 30.6 Å². The first-order valence-corrected chi connectivity index (χ1v) is 8.48. The van der Waals surface area contributed by atoms with Crippen molar-refractivity contribution in [3.63, 3.8) is 0 Å². The first-order valence-electron chi connectivity index (χ1n) is 8.48. The van der Waals surface area contributed by atoms with E-state index in [0.29, 0.717) is 18.1 Å². The molecule has 2 aromatic heterocycles. The highest BCUT2D eigenvalue weighted by molar-refractivity contribution is 5.89. The number of aryl methyl sites for hydroxylation is 1. The van der Waals surface area contributed by atoms with Gasteiger partial charge in [-0.05, 0) is 41.1 Å². The highest BCUT2D eigenvalue weighted by Crippen LogP contribution is 2.23. The average molecular weight is 355 g/mol. The highest BCUT2D eigenvalue weighted by Gasteiger charge is 2.10. The van der Waals surface area contributed by atoms with Crippen LogP contribution in [0, 0.1) is 0 Å². The van der Waals surface area contributed by atoms with Crippen LogP contribution in [0.3, 0.4) is 0 Å². The number of benzene rings is 1. The Labute approximate surface area is 151 Å². The Hall–Kier alpha value is -3.16. The van der Waals surface area contributed by atoms with Crippen molar-refractivity contribution in [1.82, 2.24) is 20.2 Å². The van der Waals surface area contributed by atoms with Gasteiger partial charge in [0.15, 0.2) is 0 Å². The maximum absolute atomic E-state index is 11.5. The van der Waals surface area contributed by atoms with Gasteiger partial charge in [0, 0.05) is 12.1 Å². The zero-order valence-electron chi connectivity index (χ0n) is 14.8. The molecule has 0 saturated carbocycles. The van der Waals surface area contributed by atoms with Crippen LogP contribution in [0.2, 0.25) is 0 Å². The molecule has 1 N–H and O–H groups in total. The number of carbonyl (C=O) groups is 1. The van der Waals surface area contributed by atoms with E-state index in [0.717, 1.165) is 36.5 Å². The zero-order chi connectivity index (χ0) is 18.4. The number of anilines is 1. The second-order valence-electron chi connectivity index (χ2n) is 5.77. The SMILES string of the molecule is CCCCn1nnnc1NCc1ccc(-c2ccc(C(=O)OC)cc2)o1. The maximum Gasteiger partial charge on any atom is 0.337 e. The number of tetrazole rings is 1. The molecule has 136 valence electrons. The summed E-state index contributed by atoms with van der Waals surface area (Å²) in [6.07, 6.45) is 2.10. The van der Waals surface area contributed by atoms with Crippen LogP contribution in [-0.4, -0.2) is 33.3 Å². The van der Waals surface area contributed by atoms with Crippen LogP contribution in [0.4, 0.5) is 5.95 Å². The van der Waals surface area contributed by atoms with Crippen molar-refractivity contribution in [2.75, 3.05) is 12.4 Å². The zero-order valence-corrected chi connectivity index (χ0v) is 14.8. The molecule has 0 aliphatic carbocycles. The quantitative estimate of drug-likeness (QED) is 0.620. The first kappa shape index (κ1) is 17.7. The minimum Gasteiger partial charge on any atom is -0.465 e. The summed E-state index contributed by atoms with van der Waals surface area (Å²) in [5.41, 5.74) is 1.39. The molecule has 2 heterocycles. The third-order valence-electron chi connectivity index (χ3n) is 3.93. The normalized spacial score (nSPS) is 10.7. The van der Waals surface area contributed by atoms with Gasteiger partial charge in [0.25, 0.3) is 0 Å². The highest BCUT2D eigenvalue weighted by atomic mass is 16.5. The number of esters is 1. The first-order chi connectivity index (χ1) is 12.7. The molecule has 1 aromatic carbocycles. The number of rotatable bonds is 8. The molecule has 26 heavy (non-hydrogen) atoms. The molecule has 0 atom stereocenters. The van der Waals surface area contributed by atoms with Crippen LogP contribution >= 0.6 is 0 Å². The smallest absolute Gasteiger partial charge is 0.337 e. The minimum atomic E-state index is -0.360. The molecule has 0 fully saturated rings. The fourth-order valence-electron chi connectivity index (χ4n) is 2.47. The van der Waals surface area contributed by atoms with Gasteiger partial charge in [0.1, 0.15) is 11.5 Å². The summed E-state index contributed by atoms with van der Waals surface area (Å²) >= 11 is 0. The third-order valence-corrected chi connectivity index (χ3v) is 3.93. The lowest BCUT2D eigenvalue weighted by Gasteiger charge is -2.05. The van der Waals surface area contributed by atoms with E-state index in [2.05, 4.69) is 27.8 Å². The van der Waals surface area contributed by atoms with Crippen LogP contribution in [0.1, 0.15) is 35.9 Å². The van der Waals surface area contributed by atoms with Gasteiger partial charge in [0.2, 0.25) is 5.95 Å². The number of nitrogens with zero attached hydrogens (tertiary/aromatic N) is 4. The van der Waals surface area contributed by atoms with Gasteiger partial charge in [-0.25, -0.2) is 9.48 Å². The molecule has 8 heteroatoms. The van der Waals surface area contributed by atoms with Crippen molar-refractivity contribution in [1.29, 1.82) is 0 Å². The molecule has 0 aliphatic rings. The van der Waals surface area contributed by atoms with Crippen molar-refractivity contribution in [2.45, 2.75) is 32.9 Å². The maximum atomic E-state index is 11.5. The monoisotopic (exact) mass is 355 g/mol. The van der Waals surface area contributed by atoms with Crippen molar-refractivity contribution in [3.05, 3.63) is 47.7 Å². The Kier molecular flexibility index (Phi) is 5.62. The Morgan fingerprint density at radius 3 is 2.77 bits per heavy atom. The summed E-state index contributed by atoms with van der Waals surface area (Å²) < 4.78 is 12.3. The number of nitrogens with one attached hydrogen (secondary N) is 1. The lowest BCUT2D eigenvalue weighted by Crippen LogP contribution is -2.08. The number of furan rings is 1. The van der Waals surface area contributed by atoms with Crippen molar-refractivity contribution in [2.24, 2.45) is 0 Å². The molecule has 3 rings (SSSR count). The molecule has 3 aromatic rings. The second kappa shape index (κ2) is 8.28. The molecule has 8 nitrogen and oxygen atoms in total. The van der Waals surface area contributed by atoms with Gasteiger partial charge in [0.05, 0.1) is 19.2 Å². The van der Waals surface area contributed by atoms with Crippen LogP contribution in [0.25, 0.3) is 11.3 Å². The van der Waals surface area contributed by atoms with E-state index in [-0.39, 0.29) is 5.97 Å². The van der Waals surface area contributed by atoms with Crippen molar-refractivity contribution in [3.8, 4) is 11.3 Å². The van der Waals surface area contributed by atoms with Crippen LogP contribution < -0.4 is 5.32 Å². The second-order valence-corrected chi connectivity index (χ2v) is 5.77. The lowest BCUT2D eigenvalue weighted by molar-refractivity contribution is 0.0600. The van der Waals surface area contributed by atoms with Gasteiger partial charge >= 0.3 is 5.97 Å². The van der Waals surface area contributed by atoms with E-state index in [1.165, 1.54) is 7.11 Å². The molecular weight excluding hydrogens is 334 g/mol. The van der Waals surface area contributed by atoms with E-state index in [4.69, 9.17) is 9.15 Å². The van der Waals surface area contributed by atoms with E-state index in [1.807, 2.05) is 24.3 Å². The number of methoxy groups -OCH3 is 1. The van der Waals surface area contributed by atoms with E-state index >= 15 is 0 Å². The van der Waals surface area contributed by atoms with Crippen molar-refractivity contribution >= 4 is 11.9 Å². The summed E-state index contributed by atoms with van der Waals surface area (Å²) in [4.78, 5) is 11.5. The largest absolute Gasteiger partial charge is 0.465 e. The molecule has 0 saturated heterocycles. The summed E-state index contributed by atoms with van der Waals surface area (Å²) in [5, 5.41) is 14.9. The summed E-state index contributed by atoms with van der Waals surface area (Å²) in [6.45, 7) is 3.38. The van der Waals surface area contributed by atoms with E-state index < -0.39 is 0 Å². The number of hydrogen-bond donors (Lipinski definition) is 1. The van der Waals surface area contributed by atoms with E-state index in [1.54, 1.807) is 16.8 Å². The Morgan fingerprint density at radius 2 is 2.04 bits per heavy atom. The van der Waals surface area contributed by atoms with Gasteiger partial charge < -0.3 is 14.5 Å². The minimum absolute atomic E-state index is 0.360. The number of unbranched alkanes of at least 4 members (excludes halogenated alkanes) is 1. The average Bonchev–Trinajstić information content (AvgIpc) is 3.33. The van der Waals surface area contributed by atoms with Gasteiger partial charge in [-0.15, -0.1) is 0 Å². The van der Waals surface area contributed by atoms with Crippen LogP contribution in [0.15, 0.2) is 40.8 Å². The number of hydrogen-bond acceptors (Lipinski definition) is 7. The third kappa shape index (κ3) is 4.08. The predicted molar refractivity (Wildman–Crippen MR) is 95.5 cm³/mol. The Morgan fingerprint density at radius 1 is 1.23 bits per heavy atom. The van der Waals surface area contributed by atoms with Crippen LogP contribution in [-0.2, 0) is 17.8 Å². The fourth-order valence-corrected chi connectivity index (χ4v) is 2.47. The number of aromatic nitrogens is 4. The molecule has 0 spiro atoms. The van der Waals surface area contributed by atoms with Gasteiger partial charge in [-0.3, -0.25) is 0 Å². The topological polar surface area (TPSA) is 95.1 Å². The molecule has 0 radical (unpaired) electrons. The molecule has 0 bridgehead atoms. The summed E-state index contributed by atoms with van der Waals surface area (Å²) in [5.74, 6) is 1.76. The Balaban J connectivity index is 1.63. The van der Waals surface area contributed by atoms with E-state index in [9.17, 15) is 4.79 Å². The molecular formula is C18H21N5O3. The Bertz CT molecular complexity index is 854. The standard InChI is InChI=1S/C18H21N5O3/c1-3-4-11-23-18(20-21-22-23)19-12-15-9-10-16(26-15)13-5-7-14(8-6-13)17(24)25-2/h5-10H,3-4,11-12H2,1-2H3,(H,19,20,22). The van der Waals surface area contributed by atoms with Gasteiger partial charge in [-0.2, -0.15) is 0 Å².